The van der Waals surface area contributed by atoms with E-state index in [9.17, 15) is 9.59 Å². The summed E-state index contributed by atoms with van der Waals surface area (Å²) in [6.45, 7) is 3.30. The third-order valence-electron chi connectivity index (χ3n) is 3.30. The first-order valence-electron chi connectivity index (χ1n) is 7.99. The van der Waals surface area contributed by atoms with Gasteiger partial charge in [-0.3, -0.25) is 4.79 Å². The normalized spacial score (nSPS) is 10.0. The molecule has 134 valence electrons. The summed E-state index contributed by atoms with van der Waals surface area (Å²) in [5.41, 5.74) is 1.01. The number of nitrogens with zero attached hydrogens (tertiary/aromatic N) is 1. The van der Waals surface area contributed by atoms with Gasteiger partial charge in [-0.15, -0.1) is 0 Å². The molecule has 7 heteroatoms. The Morgan fingerprint density at radius 2 is 1.83 bits per heavy atom. The van der Waals surface area contributed by atoms with Crippen molar-refractivity contribution in [3.63, 3.8) is 0 Å². The number of hydrogen-bond acceptors (Lipinski definition) is 4. The van der Waals surface area contributed by atoms with Crippen LogP contribution in [-0.4, -0.2) is 57.7 Å². The number of urea groups is 1. The number of rotatable bonds is 9. The molecular formula is C17H27N3O4. The third-order valence-corrected chi connectivity index (χ3v) is 3.30. The van der Waals surface area contributed by atoms with Crippen LogP contribution in [0, 0.1) is 0 Å². The molecule has 0 saturated heterocycles. The molecule has 7 nitrogen and oxygen atoms in total. The van der Waals surface area contributed by atoms with Crippen molar-refractivity contribution in [1.29, 1.82) is 0 Å². The lowest BCUT2D eigenvalue weighted by atomic mass is 10.1. The molecule has 0 aromatic heterocycles. The van der Waals surface area contributed by atoms with Gasteiger partial charge < -0.3 is 25.0 Å². The van der Waals surface area contributed by atoms with Crippen molar-refractivity contribution >= 4 is 11.9 Å². The number of ether oxygens (including phenoxy) is 2. The van der Waals surface area contributed by atoms with Crippen LogP contribution in [0.3, 0.4) is 0 Å². The van der Waals surface area contributed by atoms with Gasteiger partial charge >= 0.3 is 6.03 Å². The smallest absolute Gasteiger partial charge is 0.316 e. The summed E-state index contributed by atoms with van der Waals surface area (Å²) < 4.78 is 10.8. The second-order valence-electron chi connectivity index (χ2n) is 5.39. The van der Waals surface area contributed by atoms with Crippen LogP contribution >= 0.6 is 0 Å². The number of carbonyl (C=O) groups is 2. The highest BCUT2D eigenvalue weighted by Crippen LogP contribution is 2.28. The number of amides is 3. The van der Waals surface area contributed by atoms with Crippen LogP contribution in [0.1, 0.15) is 18.9 Å². The first-order valence-corrected chi connectivity index (χ1v) is 7.99. The van der Waals surface area contributed by atoms with E-state index < -0.39 is 0 Å². The zero-order valence-corrected chi connectivity index (χ0v) is 14.8. The minimum Gasteiger partial charge on any atom is -0.493 e. The molecule has 0 aliphatic carbocycles. The zero-order chi connectivity index (χ0) is 17.9. The lowest BCUT2D eigenvalue weighted by Crippen LogP contribution is -2.39. The van der Waals surface area contributed by atoms with Gasteiger partial charge in [-0.1, -0.05) is 6.07 Å². The quantitative estimate of drug-likeness (QED) is 0.668. The molecule has 0 heterocycles. The maximum atomic E-state index is 11.8. The average Bonchev–Trinajstić information content (AvgIpc) is 2.57. The third kappa shape index (κ3) is 6.76. The second-order valence-corrected chi connectivity index (χ2v) is 5.39. The second kappa shape index (κ2) is 10.4. The van der Waals surface area contributed by atoms with Gasteiger partial charge in [-0.2, -0.15) is 0 Å². The lowest BCUT2D eigenvalue weighted by molar-refractivity contribution is -0.121. The van der Waals surface area contributed by atoms with E-state index in [2.05, 4.69) is 10.6 Å². The van der Waals surface area contributed by atoms with E-state index in [0.717, 1.165) is 5.56 Å². The van der Waals surface area contributed by atoms with Gasteiger partial charge in [0.2, 0.25) is 5.91 Å². The van der Waals surface area contributed by atoms with Crippen molar-refractivity contribution < 1.29 is 19.1 Å². The molecule has 0 atom stereocenters. The van der Waals surface area contributed by atoms with E-state index in [1.807, 2.05) is 25.1 Å². The minimum atomic E-state index is -0.175. The van der Waals surface area contributed by atoms with Crippen LogP contribution in [0.4, 0.5) is 4.79 Å². The molecule has 1 rings (SSSR count). The molecule has 2 N–H and O–H groups in total. The Labute approximate surface area is 143 Å². The molecule has 24 heavy (non-hydrogen) atoms. The first-order chi connectivity index (χ1) is 11.5. The molecule has 0 unspecified atom stereocenters. The van der Waals surface area contributed by atoms with Crippen LogP contribution in [0.5, 0.6) is 11.5 Å². The summed E-state index contributed by atoms with van der Waals surface area (Å²) in [6, 6.07) is 5.49. The predicted octanol–water partition coefficient (Wildman–Crippen LogP) is 1.41. The fourth-order valence-electron chi connectivity index (χ4n) is 2.02. The molecule has 0 fully saturated rings. The molecule has 3 amide bonds. The fraction of sp³-hybridized carbons (Fsp3) is 0.529. The van der Waals surface area contributed by atoms with Crippen LogP contribution in [0.25, 0.3) is 0 Å². The summed E-state index contributed by atoms with van der Waals surface area (Å²) in [6.07, 6.45) is 0.984. The van der Waals surface area contributed by atoms with Crippen molar-refractivity contribution in [2.24, 2.45) is 0 Å². The number of nitrogens with one attached hydrogen (secondary N) is 2. The van der Waals surface area contributed by atoms with Gasteiger partial charge in [-0.25, -0.2) is 4.79 Å². The highest BCUT2D eigenvalue weighted by molar-refractivity contribution is 5.76. The number of hydrogen-bond donors (Lipinski definition) is 2. The summed E-state index contributed by atoms with van der Waals surface area (Å²) in [7, 11) is 4.92. The number of benzene rings is 1. The molecule has 1 aromatic rings. The van der Waals surface area contributed by atoms with Gasteiger partial charge in [0.25, 0.3) is 0 Å². The van der Waals surface area contributed by atoms with Crippen LogP contribution in [0.15, 0.2) is 18.2 Å². The number of methoxy groups -OCH3 is 1. The van der Waals surface area contributed by atoms with Crippen LogP contribution in [-0.2, 0) is 11.2 Å². The van der Waals surface area contributed by atoms with E-state index >= 15 is 0 Å². The molecular weight excluding hydrogens is 310 g/mol. The van der Waals surface area contributed by atoms with Gasteiger partial charge in [0.15, 0.2) is 11.5 Å². The van der Waals surface area contributed by atoms with E-state index in [-0.39, 0.29) is 11.9 Å². The Morgan fingerprint density at radius 1 is 1.12 bits per heavy atom. The number of carbonyl (C=O) groups excluding carboxylic acids is 2. The largest absolute Gasteiger partial charge is 0.493 e. The molecule has 0 aliphatic rings. The van der Waals surface area contributed by atoms with Gasteiger partial charge in [-0.05, 0) is 31.0 Å². The van der Waals surface area contributed by atoms with E-state index in [4.69, 9.17) is 9.47 Å². The molecule has 1 aromatic carbocycles. The molecule has 0 aliphatic heterocycles. The van der Waals surface area contributed by atoms with Crippen molar-refractivity contribution in [2.75, 3.05) is 40.9 Å². The maximum Gasteiger partial charge on any atom is 0.316 e. The Kier molecular flexibility index (Phi) is 8.46. The minimum absolute atomic E-state index is 0.0537. The van der Waals surface area contributed by atoms with Gasteiger partial charge in [0, 0.05) is 33.6 Å². The highest BCUT2D eigenvalue weighted by Gasteiger charge is 2.08. The summed E-state index contributed by atoms with van der Waals surface area (Å²) in [4.78, 5) is 24.6. The summed E-state index contributed by atoms with van der Waals surface area (Å²) in [5, 5.41) is 5.47. The fourth-order valence-corrected chi connectivity index (χ4v) is 2.02. The molecule has 0 bridgehead atoms. The Morgan fingerprint density at radius 3 is 2.46 bits per heavy atom. The van der Waals surface area contributed by atoms with Gasteiger partial charge in [0.05, 0.1) is 13.7 Å². The zero-order valence-electron chi connectivity index (χ0n) is 14.8. The van der Waals surface area contributed by atoms with Crippen molar-refractivity contribution in [3.05, 3.63) is 23.8 Å². The average molecular weight is 337 g/mol. The van der Waals surface area contributed by atoms with Crippen molar-refractivity contribution in [2.45, 2.75) is 19.8 Å². The first kappa shape index (κ1) is 19.6. The highest BCUT2D eigenvalue weighted by atomic mass is 16.5. The number of aryl methyl sites for hydroxylation is 1. The Hall–Kier alpha value is -2.44. The SMILES string of the molecule is CCOc1ccc(CCC(=O)NCCNC(=O)N(C)C)cc1OC. The Bertz CT molecular complexity index is 547. The topological polar surface area (TPSA) is 79.9 Å². The Balaban J connectivity index is 2.35. The van der Waals surface area contributed by atoms with Crippen molar-refractivity contribution in [1.82, 2.24) is 15.5 Å². The standard InChI is InChI=1S/C17H27N3O4/c1-5-24-14-8-6-13(12-15(14)23-4)7-9-16(21)18-10-11-19-17(22)20(2)3/h6,8,12H,5,7,9-11H2,1-4H3,(H,18,21)(H,19,22). The van der Waals surface area contributed by atoms with Crippen molar-refractivity contribution in [3.8, 4) is 11.5 Å². The molecule has 0 saturated carbocycles. The van der Waals surface area contributed by atoms with E-state index in [0.29, 0.717) is 44.0 Å². The van der Waals surface area contributed by atoms with Crippen LogP contribution < -0.4 is 20.1 Å². The molecule has 0 radical (unpaired) electrons. The predicted molar refractivity (Wildman–Crippen MR) is 92.6 cm³/mol. The lowest BCUT2D eigenvalue weighted by Gasteiger charge is -2.12. The summed E-state index contributed by atoms with van der Waals surface area (Å²) >= 11 is 0. The van der Waals surface area contributed by atoms with Crippen LogP contribution in [0.2, 0.25) is 0 Å². The maximum absolute atomic E-state index is 11.8. The monoisotopic (exact) mass is 337 g/mol. The molecule has 0 spiro atoms. The van der Waals surface area contributed by atoms with E-state index in [1.54, 1.807) is 21.2 Å². The summed E-state index contributed by atoms with van der Waals surface area (Å²) in [5.74, 6) is 1.31. The van der Waals surface area contributed by atoms with E-state index in [1.165, 1.54) is 4.90 Å². The van der Waals surface area contributed by atoms with Gasteiger partial charge in [0.1, 0.15) is 0 Å².